The number of rotatable bonds is 4. The van der Waals surface area contributed by atoms with Gasteiger partial charge in [-0.25, -0.2) is 0 Å². The van der Waals surface area contributed by atoms with E-state index in [9.17, 15) is 0 Å². The number of thiocarbonyl (C=S) groups is 1. The highest BCUT2D eigenvalue weighted by Crippen LogP contribution is 2.24. The van der Waals surface area contributed by atoms with Gasteiger partial charge in [-0.2, -0.15) is 0 Å². The summed E-state index contributed by atoms with van der Waals surface area (Å²) in [4.78, 5) is 5.79. The van der Waals surface area contributed by atoms with Gasteiger partial charge in [0.1, 0.15) is 0 Å². The molecule has 2 aliphatic heterocycles. The van der Waals surface area contributed by atoms with E-state index in [0.717, 1.165) is 19.1 Å². The van der Waals surface area contributed by atoms with Crippen LogP contribution in [0.4, 0.5) is 0 Å². The number of hydrogen-bond donors (Lipinski definition) is 1. The van der Waals surface area contributed by atoms with Gasteiger partial charge in [0, 0.05) is 38.1 Å². The number of benzene rings is 1. The van der Waals surface area contributed by atoms with E-state index in [1.165, 1.54) is 38.0 Å². The molecule has 0 spiro atoms. The van der Waals surface area contributed by atoms with Gasteiger partial charge in [-0.15, -0.1) is 0 Å². The molecule has 0 aliphatic carbocycles. The molecule has 20 heavy (non-hydrogen) atoms. The molecule has 2 saturated heterocycles. The van der Waals surface area contributed by atoms with Gasteiger partial charge in [0.15, 0.2) is 0 Å². The van der Waals surface area contributed by atoms with E-state index >= 15 is 0 Å². The highest BCUT2D eigenvalue weighted by molar-refractivity contribution is 7.80. The molecule has 2 heterocycles. The van der Waals surface area contributed by atoms with Crippen LogP contribution in [0.3, 0.4) is 0 Å². The van der Waals surface area contributed by atoms with Crippen LogP contribution in [0.15, 0.2) is 30.3 Å². The predicted octanol–water partition coefficient (Wildman–Crippen LogP) is 1.84. The van der Waals surface area contributed by atoms with Crippen LogP contribution >= 0.6 is 12.2 Å². The van der Waals surface area contributed by atoms with Crippen LogP contribution in [0.5, 0.6) is 0 Å². The Morgan fingerprint density at radius 3 is 2.80 bits per heavy atom. The third-order valence-corrected chi connectivity index (χ3v) is 4.94. The third-order valence-electron chi connectivity index (χ3n) is 4.66. The molecule has 2 fully saturated rings. The zero-order valence-electron chi connectivity index (χ0n) is 11.9. The van der Waals surface area contributed by atoms with Gasteiger partial charge in [0.2, 0.25) is 0 Å². The molecule has 2 unspecified atom stereocenters. The van der Waals surface area contributed by atoms with Crippen LogP contribution < -0.4 is 5.73 Å². The van der Waals surface area contributed by atoms with Gasteiger partial charge in [-0.05, 0) is 24.9 Å². The van der Waals surface area contributed by atoms with E-state index in [1.807, 2.05) is 6.07 Å². The minimum Gasteiger partial charge on any atom is -0.393 e. The summed E-state index contributed by atoms with van der Waals surface area (Å²) in [5.41, 5.74) is 7.23. The summed E-state index contributed by atoms with van der Waals surface area (Å²) >= 11 is 5.30. The fourth-order valence-corrected chi connectivity index (χ4v) is 3.74. The lowest BCUT2D eigenvalue weighted by Gasteiger charge is -2.39. The second-order valence-electron chi connectivity index (χ2n) is 5.96. The molecule has 4 heteroatoms. The quantitative estimate of drug-likeness (QED) is 0.857. The van der Waals surface area contributed by atoms with Crippen molar-refractivity contribution in [1.29, 1.82) is 0 Å². The number of nitrogens with two attached hydrogens (primary N) is 1. The summed E-state index contributed by atoms with van der Waals surface area (Å²) in [5, 5.41) is 0. The molecule has 2 N–H and O–H groups in total. The topological polar surface area (TPSA) is 32.5 Å². The molecule has 2 atom stereocenters. The molecule has 2 aliphatic rings. The summed E-state index contributed by atoms with van der Waals surface area (Å²) in [6, 6.07) is 11.2. The van der Waals surface area contributed by atoms with E-state index in [4.69, 9.17) is 18.0 Å². The zero-order chi connectivity index (χ0) is 13.9. The maximum atomic E-state index is 5.99. The van der Waals surface area contributed by atoms with Crippen LogP contribution in [0.2, 0.25) is 0 Å². The van der Waals surface area contributed by atoms with Crippen LogP contribution in [-0.2, 0) is 0 Å². The normalized spacial score (nSPS) is 25.3. The summed E-state index contributed by atoms with van der Waals surface area (Å²) < 4.78 is 0. The summed E-state index contributed by atoms with van der Waals surface area (Å²) in [7, 11) is 0. The highest BCUT2D eigenvalue weighted by Gasteiger charge is 2.31. The average Bonchev–Trinajstić information content (AvgIpc) is 2.93. The van der Waals surface area contributed by atoms with Gasteiger partial charge in [0.05, 0.1) is 4.99 Å². The predicted molar refractivity (Wildman–Crippen MR) is 87.0 cm³/mol. The van der Waals surface area contributed by atoms with Crippen LogP contribution in [0.1, 0.15) is 24.3 Å². The third kappa shape index (κ3) is 3.03. The molecule has 108 valence electrons. The molecular formula is C16H23N3S. The van der Waals surface area contributed by atoms with Gasteiger partial charge in [0.25, 0.3) is 0 Å². The van der Waals surface area contributed by atoms with Crippen molar-refractivity contribution in [1.82, 2.24) is 9.80 Å². The molecular weight excluding hydrogens is 266 g/mol. The molecule has 0 amide bonds. The van der Waals surface area contributed by atoms with Crippen molar-refractivity contribution in [3.05, 3.63) is 35.9 Å². The molecule has 1 aromatic rings. The Morgan fingerprint density at radius 1 is 1.25 bits per heavy atom. The smallest absolute Gasteiger partial charge is 0.0816 e. The maximum absolute atomic E-state index is 5.99. The molecule has 0 aromatic heterocycles. The fraction of sp³-hybridized carbons (Fsp3) is 0.562. The van der Waals surface area contributed by atoms with Crippen molar-refractivity contribution in [2.75, 3.05) is 32.7 Å². The first-order chi connectivity index (χ1) is 9.74. The highest BCUT2D eigenvalue weighted by atomic mass is 32.1. The standard InChI is InChI=1S/C16H23N3S/c17-16(20)15(13-5-2-1-3-6-13)12-18-9-10-19-8-4-7-14(19)11-18/h1-3,5-6,14-15H,4,7-12H2,(H2,17,20). The Kier molecular flexibility index (Phi) is 4.34. The first-order valence-corrected chi connectivity index (χ1v) is 7.95. The Morgan fingerprint density at radius 2 is 2.05 bits per heavy atom. The van der Waals surface area contributed by atoms with Crippen LogP contribution in [0.25, 0.3) is 0 Å². The van der Waals surface area contributed by atoms with E-state index in [0.29, 0.717) is 4.99 Å². The zero-order valence-corrected chi connectivity index (χ0v) is 12.7. The second kappa shape index (κ2) is 6.20. The molecule has 1 aromatic carbocycles. The summed E-state index contributed by atoms with van der Waals surface area (Å²) in [6.45, 7) is 5.76. The Bertz CT molecular complexity index is 462. The van der Waals surface area contributed by atoms with Gasteiger partial charge >= 0.3 is 0 Å². The van der Waals surface area contributed by atoms with Gasteiger partial charge < -0.3 is 5.73 Å². The number of piperazine rings is 1. The lowest BCUT2D eigenvalue weighted by Crippen LogP contribution is -2.51. The lowest BCUT2D eigenvalue weighted by molar-refractivity contribution is 0.104. The van der Waals surface area contributed by atoms with Gasteiger partial charge in [-0.1, -0.05) is 42.5 Å². The first-order valence-electron chi connectivity index (χ1n) is 7.54. The molecule has 0 bridgehead atoms. The van der Waals surface area contributed by atoms with Crippen molar-refractivity contribution in [3.8, 4) is 0 Å². The monoisotopic (exact) mass is 289 g/mol. The minimum absolute atomic E-state index is 0.180. The summed E-state index contributed by atoms with van der Waals surface area (Å²) in [5.74, 6) is 0.180. The van der Waals surface area contributed by atoms with Gasteiger partial charge in [-0.3, -0.25) is 9.80 Å². The Balaban J connectivity index is 1.67. The Hall–Kier alpha value is -0.970. The van der Waals surface area contributed by atoms with Crippen molar-refractivity contribution in [2.24, 2.45) is 5.73 Å². The number of fused-ring (bicyclic) bond motifs is 1. The van der Waals surface area contributed by atoms with E-state index in [-0.39, 0.29) is 5.92 Å². The summed E-state index contributed by atoms with van der Waals surface area (Å²) in [6.07, 6.45) is 2.70. The van der Waals surface area contributed by atoms with Crippen LogP contribution in [-0.4, -0.2) is 53.6 Å². The molecule has 3 rings (SSSR count). The average molecular weight is 289 g/mol. The molecule has 0 saturated carbocycles. The largest absolute Gasteiger partial charge is 0.393 e. The second-order valence-corrected chi connectivity index (χ2v) is 6.43. The first kappa shape index (κ1) is 14.0. The van der Waals surface area contributed by atoms with Crippen molar-refractivity contribution < 1.29 is 0 Å². The number of hydrogen-bond acceptors (Lipinski definition) is 3. The SMILES string of the molecule is NC(=S)C(CN1CCN2CCCC2C1)c1ccccc1. The van der Waals surface area contributed by atoms with E-state index in [2.05, 4.69) is 34.1 Å². The van der Waals surface area contributed by atoms with Crippen LogP contribution in [0, 0.1) is 0 Å². The van der Waals surface area contributed by atoms with Crippen molar-refractivity contribution >= 4 is 17.2 Å². The molecule has 0 radical (unpaired) electrons. The Labute approximate surface area is 126 Å². The van der Waals surface area contributed by atoms with E-state index < -0.39 is 0 Å². The van der Waals surface area contributed by atoms with E-state index in [1.54, 1.807) is 0 Å². The fourth-order valence-electron chi connectivity index (χ4n) is 3.52. The minimum atomic E-state index is 0.180. The van der Waals surface area contributed by atoms with Crippen molar-refractivity contribution in [2.45, 2.75) is 24.8 Å². The molecule has 3 nitrogen and oxygen atoms in total. The van der Waals surface area contributed by atoms with Crippen molar-refractivity contribution in [3.63, 3.8) is 0 Å². The number of nitrogens with zero attached hydrogens (tertiary/aromatic N) is 2. The lowest BCUT2D eigenvalue weighted by atomic mass is 9.97. The maximum Gasteiger partial charge on any atom is 0.0816 e.